The van der Waals surface area contributed by atoms with E-state index in [0.717, 1.165) is 9.87 Å². The normalized spacial score (nSPS) is 16.4. The fraction of sp³-hybridized carbons (Fsp3) is 0.192. The lowest BCUT2D eigenvalue weighted by Crippen LogP contribution is -2.34. The number of hydrogen-bond donors (Lipinski definition) is 3. The van der Waals surface area contributed by atoms with Crippen LogP contribution in [-0.2, 0) is 21.2 Å². The molecule has 4 amide bonds. The van der Waals surface area contributed by atoms with E-state index in [1.165, 1.54) is 12.1 Å². The zero-order valence-corrected chi connectivity index (χ0v) is 21.8. The van der Waals surface area contributed by atoms with Crippen molar-refractivity contribution in [2.45, 2.75) is 17.4 Å². The number of fused-ring (bicyclic) bond motifs is 1. The van der Waals surface area contributed by atoms with E-state index in [9.17, 15) is 22.8 Å². The van der Waals surface area contributed by atoms with Crippen molar-refractivity contribution in [1.82, 2.24) is 9.62 Å². The molecule has 0 aromatic heterocycles. The third-order valence-electron chi connectivity index (χ3n) is 6.46. The number of urea groups is 1. The van der Waals surface area contributed by atoms with Gasteiger partial charge in [0.25, 0.3) is 15.9 Å². The number of carbonyl (C=O) groups is 3. The van der Waals surface area contributed by atoms with E-state index in [-0.39, 0.29) is 42.2 Å². The third kappa shape index (κ3) is 5.08. The van der Waals surface area contributed by atoms with Crippen molar-refractivity contribution in [1.29, 1.82) is 0 Å². The van der Waals surface area contributed by atoms with Crippen LogP contribution in [0.25, 0.3) is 0 Å². The van der Waals surface area contributed by atoms with Crippen molar-refractivity contribution in [2.75, 3.05) is 29.9 Å². The highest BCUT2D eigenvalue weighted by atomic mass is 35.5. The van der Waals surface area contributed by atoms with Crippen LogP contribution in [0.2, 0.25) is 0 Å². The molecular formula is C26H26ClN5O5S. The maximum absolute atomic E-state index is 13.3. The quantitative estimate of drug-likeness (QED) is 0.427. The fourth-order valence-corrected chi connectivity index (χ4v) is 5.94. The van der Waals surface area contributed by atoms with Gasteiger partial charge in [-0.3, -0.25) is 9.59 Å². The van der Waals surface area contributed by atoms with Crippen LogP contribution in [0.15, 0.2) is 77.7 Å². The number of nitrogens with one attached hydrogen (secondary N) is 2. The van der Waals surface area contributed by atoms with Crippen LogP contribution in [0.4, 0.5) is 16.2 Å². The Morgan fingerprint density at radius 2 is 1.74 bits per heavy atom. The van der Waals surface area contributed by atoms with Crippen molar-refractivity contribution in [3.63, 3.8) is 0 Å². The minimum Gasteiger partial charge on any atom is -0.328 e. The molecule has 2 aliphatic heterocycles. The number of nitrogens with two attached hydrogens (primary N) is 1. The molecule has 1 atom stereocenters. The van der Waals surface area contributed by atoms with Gasteiger partial charge in [0.1, 0.15) is 0 Å². The van der Waals surface area contributed by atoms with Gasteiger partial charge < -0.3 is 21.3 Å². The highest BCUT2D eigenvalue weighted by molar-refractivity contribution is 7.89. The van der Waals surface area contributed by atoms with Crippen molar-refractivity contribution in [3.05, 3.63) is 89.5 Å². The van der Waals surface area contributed by atoms with E-state index in [0.29, 0.717) is 35.5 Å². The van der Waals surface area contributed by atoms with Gasteiger partial charge in [-0.05, 0) is 60.0 Å². The number of halogens is 1. The van der Waals surface area contributed by atoms with E-state index >= 15 is 0 Å². The first-order valence-electron chi connectivity index (χ1n) is 11.7. The molecule has 12 heteroatoms. The molecule has 198 valence electrons. The highest BCUT2D eigenvalue weighted by Gasteiger charge is 2.39. The number of hydrogen-bond acceptors (Lipinski definition) is 6. The topological polar surface area (TPSA) is 142 Å². The number of amides is 4. The molecule has 0 bridgehead atoms. The smallest absolute Gasteiger partial charge is 0.328 e. The first kappa shape index (κ1) is 27.1. The van der Waals surface area contributed by atoms with Crippen LogP contribution in [0.3, 0.4) is 0 Å². The number of sulfonamides is 1. The van der Waals surface area contributed by atoms with E-state index < -0.39 is 22.1 Å². The molecule has 5 rings (SSSR count). The molecule has 2 heterocycles. The average Bonchev–Trinajstić information content (AvgIpc) is 3.53. The molecule has 10 nitrogen and oxygen atoms in total. The molecule has 4 N–H and O–H groups in total. The molecule has 0 saturated carbocycles. The van der Waals surface area contributed by atoms with Gasteiger partial charge >= 0.3 is 6.03 Å². The summed E-state index contributed by atoms with van der Waals surface area (Å²) in [5.74, 6) is -0.573. The Balaban J connectivity index is 0.00000336. The Hall–Kier alpha value is -3.93. The predicted molar refractivity (Wildman–Crippen MR) is 145 cm³/mol. The summed E-state index contributed by atoms with van der Waals surface area (Å²) in [7, 11) is -4.08. The molecule has 0 radical (unpaired) electrons. The number of nitrogens with zero attached hydrogens (tertiary/aromatic N) is 2. The molecule has 38 heavy (non-hydrogen) atoms. The van der Waals surface area contributed by atoms with E-state index in [1.54, 1.807) is 35.2 Å². The van der Waals surface area contributed by atoms with Gasteiger partial charge in [0.05, 0.1) is 24.0 Å². The molecule has 3 aromatic rings. The largest absolute Gasteiger partial charge is 0.331 e. The molecule has 3 aromatic carbocycles. The SMILES string of the molecule is Cl.NCC(=O)Nc1ccc(C(=O)N2CCc3cc(S(=O)(=O)N4C[C@H](c5ccccc5)NC4=O)ccc32)cc1. The Bertz CT molecular complexity index is 1480. The summed E-state index contributed by atoms with van der Waals surface area (Å²) in [5, 5.41) is 5.36. The van der Waals surface area contributed by atoms with Crippen LogP contribution >= 0.6 is 12.4 Å². The van der Waals surface area contributed by atoms with Gasteiger partial charge in [0.15, 0.2) is 0 Å². The molecule has 0 aliphatic carbocycles. The molecule has 1 fully saturated rings. The van der Waals surface area contributed by atoms with Gasteiger partial charge in [0, 0.05) is 23.5 Å². The van der Waals surface area contributed by atoms with Crippen LogP contribution in [0.1, 0.15) is 27.5 Å². The van der Waals surface area contributed by atoms with Crippen LogP contribution in [-0.4, -0.2) is 50.2 Å². The van der Waals surface area contributed by atoms with Gasteiger partial charge in [-0.25, -0.2) is 17.5 Å². The lowest BCUT2D eigenvalue weighted by atomic mass is 10.1. The Kier molecular flexibility index (Phi) is 7.72. The monoisotopic (exact) mass is 555 g/mol. The zero-order valence-electron chi connectivity index (χ0n) is 20.2. The summed E-state index contributed by atoms with van der Waals surface area (Å²) in [6.45, 7) is 0.247. The lowest BCUT2D eigenvalue weighted by molar-refractivity contribution is -0.114. The fourth-order valence-electron chi connectivity index (χ4n) is 4.54. The first-order valence-corrected chi connectivity index (χ1v) is 13.1. The summed E-state index contributed by atoms with van der Waals surface area (Å²) in [5.41, 5.74) is 8.42. The van der Waals surface area contributed by atoms with Gasteiger partial charge in [-0.1, -0.05) is 30.3 Å². The maximum Gasteiger partial charge on any atom is 0.331 e. The summed E-state index contributed by atoms with van der Waals surface area (Å²) >= 11 is 0. The number of rotatable bonds is 6. The average molecular weight is 556 g/mol. The molecular weight excluding hydrogens is 530 g/mol. The lowest BCUT2D eigenvalue weighted by Gasteiger charge is -2.19. The molecule has 0 unspecified atom stereocenters. The second-order valence-electron chi connectivity index (χ2n) is 8.78. The van der Waals surface area contributed by atoms with Gasteiger partial charge in [-0.2, -0.15) is 0 Å². The van der Waals surface area contributed by atoms with E-state index in [1.807, 2.05) is 30.3 Å². The second kappa shape index (κ2) is 10.8. The van der Waals surface area contributed by atoms with Crippen LogP contribution in [0, 0.1) is 0 Å². The molecule has 0 spiro atoms. The predicted octanol–water partition coefficient (Wildman–Crippen LogP) is 2.66. The Labute approximate surface area is 226 Å². The minimum absolute atomic E-state index is 0. The summed E-state index contributed by atoms with van der Waals surface area (Å²) < 4.78 is 27.5. The summed E-state index contributed by atoms with van der Waals surface area (Å²) in [4.78, 5) is 38.7. The highest BCUT2D eigenvalue weighted by Crippen LogP contribution is 2.33. The summed E-state index contributed by atoms with van der Waals surface area (Å²) in [6.07, 6.45) is 0.480. The number of anilines is 2. The number of benzene rings is 3. The van der Waals surface area contributed by atoms with Gasteiger partial charge in [-0.15, -0.1) is 12.4 Å². The Morgan fingerprint density at radius 1 is 1.03 bits per heavy atom. The van der Waals surface area contributed by atoms with Crippen LogP contribution in [0.5, 0.6) is 0 Å². The molecule has 1 saturated heterocycles. The van der Waals surface area contributed by atoms with E-state index in [4.69, 9.17) is 5.73 Å². The zero-order chi connectivity index (χ0) is 26.2. The summed E-state index contributed by atoms with van der Waals surface area (Å²) in [6, 6.07) is 19.1. The minimum atomic E-state index is -4.08. The maximum atomic E-state index is 13.3. The van der Waals surface area contributed by atoms with Crippen LogP contribution < -0.4 is 21.3 Å². The van der Waals surface area contributed by atoms with Crippen molar-refractivity contribution in [2.24, 2.45) is 5.73 Å². The Morgan fingerprint density at radius 3 is 2.42 bits per heavy atom. The van der Waals surface area contributed by atoms with E-state index in [2.05, 4.69) is 10.6 Å². The molecule has 2 aliphatic rings. The van der Waals surface area contributed by atoms with Crippen molar-refractivity contribution < 1.29 is 22.8 Å². The van der Waals surface area contributed by atoms with Gasteiger partial charge in [0.2, 0.25) is 5.91 Å². The van der Waals surface area contributed by atoms with Crippen molar-refractivity contribution in [3.8, 4) is 0 Å². The second-order valence-corrected chi connectivity index (χ2v) is 10.6. The van der Waals surface area contributed by atoms with Crippen molar-refractivity contribution >= 4 is 51.7 Å². The standard InChI is InChI=1S/C26H25N5O5S.ClH/c27-15-24(32)28-20-8-6-18(7-9-20)25(33)30-13-12-19-14-21(10-11-23(19)30)37(35,36)31-16-22(29-26(31)34)17-4-2-1-3-5-17;/h1-11,14,22H,12-13,15-16,27H2,(H,28,32)(H,29,34);1H/t22-;/m1./s1. The number of carbonyl (C=O) groups excluding carboxylic acids is 3. The third-order valence-corrected chi connectivity index (χ3v) is 8.20. The first-order chi connectivity index (χ1) is 17.8.